The standard InChI is InChI=1S/C16H23ClN2O2/c1-12-13(17)5-3-6-14(12)18-15(21)9-19-8-4-7-16(2,10-19)11-20/h3,5-6,20H,4,7-11H2,1-2H3,(H,18,21). The SMILES string of the molecule is Cc1c(Cl)cccc1NC(=O)CN1CCCC(C)(CO)C1. The predicted molar refractivity (Wildman–Crippen MR) is 85.7 cm³/mol. The van der Waals surface area contributed by atoms with Crippen LogP contribution < -0.4 is 5.32 Å². The number of halogens is 1. The Bertz CT molecular complexity index is 521. The fourth-order valence-electron chi connectivity index (χ4n) is 2.83. The fourth-order valence-corrected chi connectivity index (χ4v) is 3.00. The lowest BCUT2D eigenvalue weighted by molar-refractivity contribution is -0.118. The number of amides is 1. The number of anilines is 1. The van der Waals surface area contributed by atoms with Crippen LogP contribution in [0.3, 0.4) is 0 Å². The molecule has 0 saturated carbocycles. The average molecular weight is 311 g/mol. The quantitative estimate of drug-likeness (QED) is 0.899. The third-order valence-electron chi connectivity index (χ3n) is 4.15. The minimum Gasteiger partial charge on any atom is -0.396 e. The number of aliphatic hydroxyl groups is 1. The first-order chi connectivity index (χ1) is 9.93. The first-order valence-corrected chi connectivity index (χ1v) is 7.69. The Hall–Kier alpha value is -1.10. The number of likely N-dealkylation sites (tertiary alicyclic amines) is 1. The maximum absolute atomic E-state index is 12.2. The number of hydrogen-bond acceptors (Lipinski definition) is 3. The zero-order valence-electron chi connectivity index (χ0n) is 12.7. The van der Waals surface area contributed by atoms with Gasteiger partial charge in [-0.1, -0.05) is 24.6 Å². The van der Waals surface area contributed by atoms with Crippen LogP contribution in [0, 0.1) is 12.3 Å². The molecule has 1 aromatic carbocycles. The van der Waals surface area contributed by atoms with Gasteiger partial charge in [0.15, 0.2) is 0 Å². The molecule has 1 heterocycles. The van der Waals surface area contributed by atoms with Gasteiger partial charge in [0.2, 0.25) is 5.91 Å². The minimum atomic E-state index is -0.0928. The highest BCUT2D eigenvalue weighted by Gasteiger charge is 2.31. The number of carbonyl (C=O) groups is 1. The third-order valence-corrected chi connectivity index (χ3v) is 4.56. The first kappa shape index (κ1) is 16.3. The van der Waals surface area contributed by atoms with Crippen LogP contribution in [0.1, 0.15) is 25.3 Å². The van der Waals surface area contributed by atoms with E-state index in [1.54, 1.807) is 0 Å². The second-order valence-corrected chi connectivity index (χ2v) is 6.65. The van der Waals surface area contributed by atoms with Crippen molar-refractivity contribution in [2.24, 2.45) is 5.41 Å². The Kier molecular flexibility index (Phi) is 5.25. The number of nitrogens with one attached hydrogen (secondary N) is 1. The molecule has 0 aromatic heterocycles. The molecule has 1 fully saturated rings. The molecule has 1 aromatic rings. The van der Waals surface area contributed by atoms with E-state index < -0.39 is 0 Å². The molecule has 0 aliphatic carbocycles. The molecule has 116 valence electrons. The summed E-state index contributed by atoms with van der Waals surface area (Å²) in [4.78, 5) is 14.3. The van der Waals surface area contributed by atoms with E-state index in [1.165, 1.54) is 0 Å². The third kappa shape index (κ3) is 4.19. The zero-order valence-corrected chi connectivity index (χ0v) is 13.4. The number of piperidine rings is 1. The van der Waals surface area contributed by atoms with Gasteiger partial charge in [-0.3, -0.25) is 9.69 Å². The van der Waals surface area contributed by atoms with Gasteiger partial charge in [0.05, 0.1) is 6.54 Å². The van der Waals surface area contributed by atoms with Crippen molar-refractivity contribution in [3.05, 3.63) is 28.8 Å². The zero-order chi connectivity index (χ0) is 15.5. The Labute approximate surface area is 131 Å². The molecule has 1 unspecified atom stereocenters. The number of hydrogen-bond donors (Lipinski definition) is 2. The predicted octanol–water partition coefficient (Wildman–Crippen LogP) is 2.68. The highest BCUT2D eigenvalue weighted by Crippen LogP contribution is 2.28. The number of rotatable bonds is 4. The minimum absolute atomic E-state index is 0.0393. The van der Waals surface area contributed by atoms with Crippen molar-refractivity contribution in [3.8, 4) is 0 Å². The Balaban J connectivity index is 1.94. The van der Waals surface area contributed by atoms with Gasteiger partial charge >= 0.3 is 0 Å². The Morgan fingerprint density at radius 3 is 3.00 bits per heavy atom. The molecule has 0 spiro atoms. The summed E-state index contributed by atoms with van der Waals surface area (Å²) in [6, 6.07) is 5.49. The summed E-state index contributed by atoms with van der Waals surface area (Å²) >= 11 is 6.06. The second-order valence-electron chi connectivity index (χ2n) is 6.24. The van der Waals surface area contributed by atoms with Crippen molar-refractivity contribution >= 4 is 23.2 Å². The lowest BCUT2D eigenvalue weighted by Crippen LogP contribution is -2.46. The van der Waals surface area contributed by atoms with Gasteiger partial charge in [-0.15, -0.1) is 0 Å². The number of benzene rings is 1. The summed E-state index contributed by atoms with van der Waals surface area (Å²) < 4.78 is 0. The molecule has 0 bridgehead atoms. The normalized spacial score (nSPS) is 23.0. The largest absolute Gasteiger partial charge is 0.396 e. The van der Waals surface area contributed by atoms with E-state index in [-0.39, 0.29) is 17.9 Å². The maximum atomic E-state index is 12.2. The fraction of sp³-hybridized carbons (Fsp3) is 0.562. The molecule has 1 atom stereocenters. The van der Waals surface area contributed by atoms with Gasteiger partial charge in [0.25, 0.3) is 0 Å². The molecular weight excluding hydrogens is 288 g/mol. The van der Waals surface area contributed by atoms with Crippen molar-refractivity contribution < 1.29 is 9.90 Å². The van der Waals surface area contributed by atoms with Crippen LogP contribution in [0.15, 0.2) is 18.2 Å². The lowest BCUT2D eigenvalue weighted by atomic mass is 9.83. The first-order valence-electron chi connectivity index (χ1n) is 7.32. The van der Waals surface area contributed by atoms with E-state index in [2.05, 4.69) is 17.1 Å². The van der Waals surface area contributed by atoms with Crippen molar-refractivity contribution in [2.75, 3.05) is 31.6 Å². The van der Waals surface area contributed by atoms with E-state index in [0.29, 0.717) is 11.6 Å². The van der Waals surface area contributed by atoms with Gasteiger partial charge in [0, 0.05) is 29.3 Å². The number of nitrogens with zero attached hydrogens (tertiary/aromatic N) is 1. The van der Waals surface area contributed by atoms with Gasteiger partial charge in [-0.05, 0) is 44.0 Å². The summed E-state index contributed by atoms with van der Waals surface area (Å²) in [7, 11) is 0. The summed E-state index contributed by atoms with van der Waals surface area (Å²) in [5.41, 5.74) is 1.55. The van der Waals surface area contributed by atoms with Crippen molar-refractivity contribution in [3.63, 3.8) is 0 Å². The van der Waals surface area contributed by atoms with E-state index in [1.807, 2.05) is 25.1 Å². The molecule has 1 aliphatic rings. The maximum Gasteiger partial charge on any atom is 0.238 e. The molecule has 2 N–H and O–H groups in total. The molecule has 2 rings (SSSR count). The van der Waals surface area contributed by atoms with Crippen molar-refractivity contribution in [1.29, 1.82) is 0 Å². The topological polar surface area (TPSA) is 52.6 Å². The highest BCUT2D eigenvalue weighted by atomic mass is 35.5. The van der Waals surface area contributed by atoms with E-state index >= 15 is 0 Å². The van der Waals surface area contributed by atoms with Crippen molar-refractivity contribution in [1.82, 2.24) is 4.90 Å². The van der Waals surface area contributed by atoms with Crippen LogP contribution in [0.5, 0.6) is 0 Å². The number of carbonyl (C=O) groups excluding carboxylic acids is 1. The highest BCUT2D eigenvalue weighted by molar-refractivity contribution is 6.31. The summed E-state index contributed by atoms with van der Waals surface area (Å²) in [5, 5.41) is 13.0. The van der Waals surface area contributed by atoms with Gasteiger partial charge in [-0.25, -0.2) is 0 Å². The summed E-state index contributed by atoms with van der Waals surface area (Å²) in [6.07, 6.45) is 2.02. The summed E-state index contributed by atoms with van der Waals surface area (Å²) in [5.74, 6) is -0.0393. The Morgan fingerprint density at radius 2 is 2.29 bits per heavy atom. The molecule has 0 radical (unpaired) electrons. The van der Waals surface area contributed by atoms with Crippen LogP contribution in [-0.2, 0) is 4.79 Å². The van der Waals surface area contributed by atoms with E-state index in [9.17, 15) is 9.90 Å². The van der Waals surface area contributed by atoms with Crippen LogP contribution in [0.4, 0.5) is 5.69 Å². The lowest BCUT2D eigenvalue weighted by Gasteiger charge is -2.38. The van der Waals surface area contributed by atoms with E-state index in [0.717, 1.165) is 37.2 Å². The molecule has 5 heteroatoms. The number of aliphatic hydroxyl groups excluding tert-OH is 1. The molecule has 4 nitrogen and oxygen atoms in total. The van der Waals surface area contributed by atoms with Crippen LogP contribution in [0.25, 0.3) is 0 Å². The van der Waals surface area contributed by atoms with E-state index in [4.69, 9.17) is 11.6 Å². The Morgan fingerprint density at radius 1 is 1.52 bits per heavy atom. The molecule has 21 heavy (non-hydrogen) atoms. The second kappa shape index (κ2) is 6.77. The van der Waals surface area contributed by atoms with Gasteiger partial charge in [-0.2, -0.15) is 0 Å². The van der Waals surface area contributed by atoms with Crippen molar-refractivity contribution in [2.45, 2.75) is 26.7 Å². The molecule has 1 aliphatic heterocycles. The van der Waals surface area contributed by atoms with Crippen LogP contribution in [0.2, 0.25) is 5.02 Å². The van der Waals surface area contributed by atoms with Crippen LogP contribution in [-0.4, -0.2) is 42.2 Å². The van der Waals surface area contributed by atoms with Gasteiger partial charge < -0.3 is 10.4 Å². The summed E-state index contributed by atoms with van der Waals surface area (Å²) in [6.45, 7) is 6.13. The van der Waals surface area contributed by atoms with Gasteiger partial charge in [0.1, 0.15) is 0 Å². The molecule has 1 saturated heterocycles. The van der Waals surface area contributed by atoms with Crippen LogP contribution >= 0.6 is 11.6 Å². The smallest absolute Gasteiger partial charge is 0.238 e. The molecular formula is C16H23ClN2O2. The monoisotopic (exact) mass is 310 g/mol. The molecule has 1 amide bonds. The average Bonchev–Trinajstić information content (AvgIpc) is 2.44.